The number of nitrogens with one attached hydrogen (secondary N) is 1. The van der Waals surface area contributed by atoms with Crippen LogP contribution in [0.1, 0.15) is 40.5 Å². The molecule has 1 aliphatic rings. The lowest BCUT2D eigenvalue weighted by molar-refractivity contribution is 0.0745. The van der Waals surface area contributed by atoms with Gasteiger partial charge in [-0.3, -0.25) is 9.59 Å². The zero-order valence-corrected chi connectivity index (χ0v) is 17.6. The van der Waals surface area contributed by atoms with Crippen molar-refractivity contribution in [1.29, 1.82) is 0 Å². The standard InChI is InChI=1S/C21H25BrN4O2/c1-2-3-10-23-20(27)16-8-9-19(24-15-16)25-11-13-26(14-12-25)21(28)17-6-4-5-7-18(17)22/h4-9,15H,2-3,10-14H2,1H3,(H,23,27). The van der Waals surface area contributed by atoms with Gasteiger partial charge in [0.1, 0.15) is 5.82 Å². The highest BCUT2D eigenvalue weighted by Crippen LogP contribution is 2.20. The Hall–Kier alpha value is -2.41. The van der Waals surface area contributed by atoms with E-state index in [2.05, 4.69) is 38.1 Å². The molecule has 0 spiro atoms. The number of piperazine rings is 1. The number of carbonyl (C=O) groups excluding carboxylic acids is 2. The van der Waals surface area contributed by atoms with Crippen LogP contribution in [-0.4, -0.2) is 54.4 Å². The van der Waals surface area contributed by atoms with E-state index in [-0.39, 0.29) is 11.8 Å². The Morgan fingerprint density at radius 2 is 1.86 bits per heavy atom. The maximum Gasteiger partial charge on any atom is 0.255 e. The molecule has 2 amide bonds. The second kappa shape index (κ2) is 9.68. The van der Waals surface area contributed by atoms with E-state index in [0.717, 1.165) is 23.1 Å². The van der Waals surface area contributed by atoms with Crippen LogP contribution in [0.15, 0.2) is 47.1 Å². The number of nitrogens with zero attached hydrogens (tertiary/aromatic N) is 3. The van der Waals surface area contributed by atoms with Crippen molar-refractivity contribution in [2.75, 3.05) is 37.6 Å². The summed E-state index contributed by atoms with van der Waals surface area (Å²) in [6, 6.07) is 11.2. The number of benzene rings is 1. The van der Waals surface area contributed by atoms with Gasteiger partial charge in [-0.2, -0.15) is 0 Å². The molecule has 7 heteroatoms. The van der Waals surface area contributed by atoms with Crippen molar-refractivity contribution < 1.29 is 9.59 Å². The molecule has 0 saturated carbocycles. The van der Waals surface area contributed by atoms with Gasteiger partial charge in [0.05, 0.1) is 11.1 Å². The van der Waals surface area contributed by atoms with E-state index in [4.69, 9.17) is 0 Å². The van der Waals surface area contributed by atoms with Crippen LogP contribution in [0.5, 0.6) is 0 Å². The zero-order valence-electron chi connectivity index (χ0n) is 16.0. The summed E-state index contributed by atoms with van der Waals surface area (Å²) in [5, 5.41) is 2.90. The summed E-state index contributed by atoms with van der Waals surface area (Å²) in [4.78, 5) is 33.2. The molecular formula is C21H25BrN4O2. The molecule has 1 aromatic carbocycles. The second-order valence-corrected chi connectivity index (χ2v) is 7.63. The number of aromatic nitrogens is 1. The molecular weight excluding hydrogens is 420 g/mol. The first-order valence-corrected chi connectivity index (χ1v) is 10.4. The molecule has 0 unspecified atom stereocenters. The molecule has 1 saturated heterocycles. The molecule has 2 aromatic rings. The Balaban J connectivity index is 1.55. The average molecular weight is 445 g/mol. The first kappa shape index (κ1) is 20.3. The maximum absolute atomic E-state index is 12.7. The van der Waals surface area contributed by atoms with Crippen molar-refractivity contribution in [2.45, 2.75) is 19.8 Å². The summed E-state index contributed by atoms with van der Waals surface area (Å²) in [7, 11) is 0. The predicted molar refractivity (Wildman–Crippen MR) is 114 cm³/mol. The molecule has 1 aromatic heterocycles. The number of unbranched alkanes of at least 4 members (excludes halogenated alkanes) is 1. The Morgan fingerprint density at radius 1 is 1.11 bits per heavy atom. The van der Waals surface area contributed by atoms with Gasteiger partial charge in [0.2, 0.25) is 0 Å². The molecule has 1 N–H and O–H groups in total. The Labute approximate surface area is 174 Å². The number of amides is 2. The van der Waals surface area contributed by atoms with Gasteiger partial charge in [0.25, 0.3) is 11.8 Å². The topological polar surface area (TPSA) is 65.5 Å². The molecule has 0 aliphatic carbocycles. The summed E-state index contributed by atoms with van der Waals surface area (Å²) in [5.41, 5.74) is 1.26. The van der Waals surface area contributed by atoms with E-state index in [1.165, 1.54) is 0 Å². The molecule has 1 fully saturated rings. The van der Waals surface area contributed by atoms with E-state index < -0.39 is 0 Å². The van der Waals surface area contributed by atoms with Gasteiger partial charge in [-0.25, -0.2) is 4.98 Å². The molecule has 0 bridgehead atoms. The monoisotopic (exact) mass is 444 g/mol. The van der Waals surface area contributed by atoms with Crippen LogP contribution in [0.2, 0.25) is 0 Å². The number of rotatable bonds is 6. The van der Waals surface area contributed by atoms with Gasteiger partial charge in [-0.15, -0.1) is 0 Å². The molecule has 0 atom stereocenters. The summed E-state index contributed by atoms with van der Waals surface area (Å²) < 4.78 is 0.817. The summed E-state index contributed by atoms with van der Waals surface area (Å²) >= 11 is 3.45. The average Bonchev–Trinajstić information content (AvgIpc) is 2.74. The minimum atomic E-state index is -0.0867. The summed E-state index contributed by atoms with van der Waals surface area (Å²) in [6.45, 7) is 5.48. The molecule has 148 valence electrons. The van der Waals surface area contributed by atoms with E-state index in [9.17, 15) is 9.59 Å². The number of pyridine rings is 1. The van der Waals surface area contributed by atoms with Crippen LogP contribution in [0.4, 0.5) is 5.82 Å². The Kier molecular flexibility index (Phi) is 7.03. The SMILES string of the molecule is CCCCNC(=O)c1ccc(N2CCN(C(=O)c3ccccc3Br)CC2)nc1. The summed E-state index contributed by atoms with van der Waals surface area (Å²) in [5.74, 6) is 0.786. The molecule has 6 nitrogen and oxygen atoms in total. The van der Waals surface area contributed by atoms with Crippen molar-refractivity contribution in [3.05, 3.63) is 58.2 Å². The largest absolute Gasteiger partial charge is 0.353 e. The maximum atomic E-state index is 12.7. The van der Waals surface area contributed by atoms with E-state index in [1.54, 1.807) is 6.20 Å². The first-order chi connectivity index (χ1) is 13.6. The van der Waals surface area contributed by atoms with Crippen LogP contribution in [-0.2, 0) is 0 Å². The van der Waals surface area contributed by atoms with Gasteiger partial charge in [0, 0.05) is 43.4 Å². The molecule has 2 heterocycles. The third kappa shape index (κ3) is 4.90. The normalized spacial score (nSPS) is 14.1. The van der Waals surface area contributed by atoms with Crippen molar-refractivity contribution in [3.63, 3.8) is 0 Å². The van der Waals surface area contributed by atoms with Crippen LogP contribution >= 0.6 is 15.9 Å². The van der Waals surface area contributed by atoms with Gasteiger partial charge in [0.15, 0.2) is 0 Å². The zero-order chi connectivity index (χ0) is 19.9. The van der Waals surface area contributed by atoms with Gasteiger partial charge in [-0.05, 0) is 46.6 Å². The molecule has 1 aliphatic heterocycles. The summed E-state index contributed by atoms with van der Waals surface area (Å²) in [6.07, 6.45) is 3.64. The third-order valence-corrected chi connectivity index (χ3v) is 5.51. The van der Waals surface area contributed by atoms with Crippen molar-refractivity contribution in [2.24, 2.45) is 0 Å². The van der Waals surface area contributed by atoms with Crippen LogP contribution < -0.4 is 10.2 Å². The van der Waals surface area contributed by atoms with Crippen molar-refractivity contribution in [3.8, 4) is 0 Å². The van der Waals surface area contributed by atoms with E-state index in [1.807, 2.05) is 41.3 Å². The van der Waals surface area contributed by atoms with Gasteiger partial charge >= 0.3 is 0 Å². The molecule has 0 radical (unpaired) electrons. The van der Waals surface area contributed by atoms with Crippen LogP contribution in [0, 0.1) is 0 Å². The van der Waals surface area contributed by atoms with Crippen LogP contribution in [0.25, 0.3) is 0 Å². The first-order valence-electron chi connectivity index (χ1n) is 9.63. The highest BCUT2D eigenvalue weighted by molar-refractivity contribution is 9.10. The number of anilines is 1. The molecule has 28 heavy (non-hydrogen) atoms. The molecule has 3 rings (SSSR count). The van der Waals surface area contributed by atoms with Crippen LogP contribution in [0.3, 0.4) is 0 Å². The number of hydrogen-bond acceptors (Lipinski definition) is 4. The highest BCUT2D eigenvalue weighted by atomic mass is 79.9. The lowest BCUT2D eigenvalue weighted by atomic mass is 10.2. The lowest BCUT2D eigenvalue weighted by Crippen LogP contribution is -2.49. The Morgan fingerprint density at radius 3 is 2.50 bits per heavy atom. The predicted octanol–water partition coefficient (Wildman–Crippen LogP) is 3.34. The minimum Gasteiger partial charge on any atom is -0.353 e. The van der Waals surface area contributed by atoms with E-state index >= 15 is 0 Å². The second-order valence-electron chi connectivity index (χ2n) is 6.77. The number of carbonyl (C=O) groups is 2. The minimum absolute atomic E-state index is 0.0409. The van der Waals surface area contributed by atoms with Gasteiger partial charge < -0.3 is 15.1 Å². The number of hydrogen-bond donors (Lipinski definition) is 1. The van der Waals surface area contributed by atoms with Gasteiger partial charge in [-0.1, -0.05) is 25.5 Å². The number of halogens is 1. The Bertz CT molecular complexity index is 817. The fourth-order valence-corrected chi connectivity index (χ4v) is 3.59. The lowest BCUT2D eigenvalue weighted by Gasteiger charge is -2.35. The van der Waals surface area contributed by atoms with Crippen molar-refractivity contribution in [1.82, 2.24) is 15.2 Å². The quantitative estimate of drug-likeness (QED) is 0.693. The van der Waals surface area contributed by atoms with Crippen molar-refractivity contribution >= 4 is 33.6 Å². The fourth-order valence-electron chi connectivity index (χ4n) is 3.13. The highest BCUT2D eigenvalue weighted by Gasteiger charge is 2.24. The smallest absolute Gasteiger partial charge is 0.255 e. The third-order valence-electron chi connectivity index (χ3n) is 4.82. The fraction of sp³-hybridized carbons (Fsp3) is 0.381. The van der Waals surface area contributed by atoms with E-state index in [0.29, 0.717) is 43.9 Å².